The molecule has 8 heteroatoms. The number of carbonyl (C=O) groups excluding carboxylic acids is 1. The van der Waals surface area contributed by atoms with Gasteiger partial charge in [-0.2, -0.15) is 0 Å². The van der Waals surface area contributed by atoms with Gasteiger partial charge in [0.2, 0.25) is 5.89 Å². The van der Waals surface area contributed by atoms with E-state index in [-0.39, 0.29) is 17.3 Å². The Morgan fingerprint density at radius 3 is 2.55 bits per heavy atom. The number of nitrogens with zero attached hydrogens (tertiary/aromatic N) is 1. The van der Waals surface area contributed by atoms with Crippen molar-refractivity contribution in [3.05, 3.63) is 53.4 Å². The molecule has 2 heterocycles. The number of aromatic amines is 1. The van der Waals surface area contributed by atoms with Crippen LogP contribution >= 0.6 is 0 Å². The monoisotopic (exact) mass is 399 g/mol. The number of carboxylic acid groups (broad SMARTS) is 1. The van der Waals surface area contributed by atoms with E-state index in [1.807, 2.05) is 30.5 Å². The van der Waals surface area contributed by atoms with Gasteiger partial charge in [0.15, 0.2) is 5.69 Å². The van der Waals surface area contributed by atoms with Crippen molar-refractivity contribution >= 4 is 23.0 Å². The van der Waals surface area contributed by atoms with Crippen molar-refractivity contribution in [3.8, 4) is 0 Å². The molecule has 2 aromatic heterocycles. The number of oxazole rings is 1. The fraction of sp³-hybridized carbons (Fsp3) is 0.381. The maximum absolute atomic E-state index is 12.5. The van der Waals surface area contributed by atoms with E-state index in [9.17, 15) is 14.7 Å². The Balaban J connectivity index is 2.02. The van der Waals surface area contributed by atoms with Crippen LogP contribution in [-0.4, -0.2) is 32.7 Å². The van der Waals surface area contributed by atoms with E-state index in [4.69, 9.17) is 9.15 Å². The van der Waals surface area contributed by atoms with Crippen LogP contribution in [0.3, 0.4) is 0 Å². The highest BCUT2D eigenvalue weighted by Crippen LogP contribution is 2.30. The number of amides is 1. The number of hydrogen-bond donors (Lipinski definition) is 3. The fourth-order valence-corrected chi connectivity index (χ4v) is 3.19. The molecule has 0 aliphatic heterocycles. The van der Waals surface area contributed by atoms with Crippen molar-refractivity contribution in [2.45, 2.75) is 52.2 Å². The number of benzene rings is 1. The highest BCUT2D eigenvalue weighted by molar-refractivity contribution is 5.86. The van der Waals surface area contributed by atoms with E-state index in [0.717, 1.165) is 16.5 Å². The smallest absolute Gasteiger partial charge is 0.408 e. The Labute approximate surface area is 168 Å². The van der Waals surface area contributed by atoms with E-state index in [1.165, 1.54) is 6.92 Å². The molecule has 0 aliphatic carbocycles. The average Bonchev–Trinajstić information content (AvgIpc) is 3.17. The molecule has 0 saturated heterocycles. The number of ether oxygens (including phenoxy) is 1. The van der Waals surface area contributed by atoms with Crippen molar-refractivity contribution in [2.24, 2.45) is 0 Å². The zero-order valence-electron chi connectivity index (χ0n) is 17.1. The number of aromatic nitrogens is 2. The topological polar surface area (TPSA) is 117 Å². The minimum atomic E-state index is -1.19. The molecule has 0 bridgehead atoms. The number of rotatable bonds is 5. The largest absolute Gasteiger partial charge is 0.476 e. The normalized spacial score (nSPS) is 13.8. The van der Waals surface area contributed by atoms with Crippen LogP contribution in [-0.2, 0) is 16.7 Å². The van der Waals surface area contributed by atoms with E-state index in [0.29, 0.717) is 6.42 Å². The van der Waals surface area contributed by atoms with Crippen molar-refractivity contribution in [1.82, 2.24) is 15.3 Å². The molecular weight excluding hydrogens is 374 g/mol. The lowest BCUT2D eigenvalue weighted by Crippen LogP contribution is -2.47. The van der Waals surface area contributed by atoms with Gasteiger partial charge < -0.3 is 24.6 Å². The maximum atomic E-state index is 12.5. The van der Waals surface area contributed by atoms with Crippen LogP contribution in [0.1, 0.15) is 55.4 Å². The molecule has 0 fully saturated rings. The Hall–Kier alpha value is -3.29. The van der Waals surface area contributed by atoms with Crippen LogP contribution in [0.5, 0.6) is 0 Å². The summed E-state index contributed by atoms with van der Waals surface area (Å²) in [6.45, 7) is 8.55. The van der Waals surface area contributed by atoms with Gasteiger partial charge in [0.1, 0.15) is 16.9 Å². The molecular formula is C21H25N3O5. The van der Waals surface area contributed by atoms with Gasteiger partial charge in [-0.05, 0) is 46.2 Å². The molecule has 3 N–H and O–H groups in total. The van der Waals surface area contributed by atoms with Crippen LogP contribution in [0.25, 0.3) is 10.9 Å². The van der Waals surface area contributed by atoms with Gasteiger partial charge in [-0.3, -0.25) is 0 Å². The molecule has 3 rings (SSSR count). The molecule has 1 amide bonds. The first-order chi connectivity index (χ1) is 13.5. The number of aromatic carboxylic acids is 1. The summed E-state index contributed by atoms with van der Waals surface area (Å²) in [4.78, 5) is 31.3. The average molecular weight is 399 g/mol. The molecule has 0 aliphatic rings. The van der Waals surface area contributed by atoms with Gasteiger partial charge in [0.25, 0.3) is 0 Å². The van der Waals surface area contributed by atoms with E-state index < -0.39 is 23.2 Å². The first-order valence-corrected chi connectivity index (χ1v) is 9.26. The second-order valence-electron chi connectivity index (χ2n) is 8.22. The predicted octanol–water partition coefficient (Wildman–Crippen LogP) is 4.15. The third kappa shape index (κ3) is 4.42. The summed E-state index contributed by atoms with van der Waals surface area (Å²) >= 11 is 0. The van der Waals surface area contributed by atoms with Crippen LogP contribution < -0.4 is 5.32 Å². The second-order valence-corrected chi connectivity index (χ2v) is 8.22. The van der Waals surface area contributed by atoms with Gasteiger partial charge in [0, 0.05) is 23.5 Å². The van der Waals surface area contributed by atoms with E-state index in [1.54, 1.807) is 27.7 Å². The number of aryl methyl sites for hydroxylation is 1. The van der Waals surface area contributed by atoms with Crippen molar-refractivity contribution in [3.63, 3.8) is 0 Å². The standard InChI is InChI=1S/C21H25N3O5/c1-12-16(17(25)26)23-18(28-12)21(5,24-19(27)29-20(2,3)4)10-13-11-22-15-9-7-6-8-14(13)15/h6-9,11,22H,10H2,1-5H3,(H,24,27)(H,25,26)/t21-/m0/s1. The quantitative estimate of drug-likeness (QED) is 0.593. The molecule has 8 nitrogen and oxygen atoms in total. The zero-order valence-corrected chi connectivity index (χ0v) is 17.1. The van der Waals surface area contributed by atoms with Crippen molar-refractivity contribution in [1.29, 1.82) is 0 Å². The Morgan fingerprint density at radius 1 is 1.24 bits per heavy atom. The maximum Gasteiger partial charge on any atom is 0.408 e. The highest BCUT2D eigenvalue weighted by Gasteiger charge is 2.38. The zero-order chi connectivity index (χ0) is 21.4. The summed E-state index contributed by atoms with van der Waals surface area (Å²) in [5.74, 6) is -0.920. The van der Waals surface area contributed by atoms with Gasteiger partial charge in [-0.15, -0.1) is 0 Å². The molecule has 3 aromatic rings. The van der Waals surface area contributed by atoms with Gasteiger partial charge in [-0.1, -0.05) is 18.2 Å². The Morgan fingerprint density at radius 2 is 1.93 bits per heavy atom. The van der Waals surface area contributed by atoms with Gasteiger partial charge in [0.05, 0.1) is 0 Å². The number of nitrogens with one attached hydrogen (secondary N) is 2. The second kappa shape index (κ2) is 7.27. The van der Waals surface area contributed by atoms with Crippen LogP contribution in [0, 0.1) is 6.92 Å². The fourth-order valence-electron chi connectivity index (χ4n) is 3.19. The molecule has 1 aromatic carbocycles. The van der Waals surface area contributed by atoms with Crippen LogP contribution in [0.2, 0.25) is 0 Å². The predicted molar refractivity (Wildman–Crippen MR) is 107 cm³/mol. The molecule has 154 valence electrons. The molecule has 29 heavy (non-hydrogen) atoms. The minimum absolute atomic E-state index is 0.101. The summed E-state index contributed by atoms with van der Waals surface area (Å²) in [6.07, 6.45) is 1.52. The molecule has 1 atom stereocenters. The number of hydrogen-bond acceptors (Lipinski definition) is 5. The molecule has 0 saturated carbocycles. The van der Waals surface area contributed by atoms with Crippen LogP contribution in [0.15, 0.2) is 34.9 Å². The molecule has 0 unspecified atom stereocenters. The van der Waals surface area contributed by atoms with Crippen LogP contribution in [0.4, 0.5) is 4.79 Å². The number of para-hydroxylation sites is 1. The lowest BCUT2D eigenvalue weighted by molar-refractivity contribution is 0.0442. The first-order valence-electron chi connectivity index (χ1n) is 9.26. The minimum Gasteiger partial charge on any atom is -0.476 e. The summed E-state index contributed by atoms with van der Waals surface area (Å²) in [5, 5.41) is 13.2. The number of carbonyl (C=O) groups is 2. The number of fused-ring (bicyclic) bond motifs is 1. The van der Waals surface area contributed by atoms with Gasteiger partial charge in [-0.25, -0.2) is 14.6 Å². The van der Waals surface area contributed by atoms with E-state index in [2.05, 4.69) is 15.3 Å². The highest BCUT2D eigenvalue weighted by atomic mass is 16.6. The summed E-state index contributed by atoms with van der Waals surface area (Å²) in [7, 11) is 0. The third-order valence-corrected chi connectivity index (χ3v) is 4.47. The number of carboxylic acids is 1. The van der Waals surface area contributed by atoms with E-state index >= 15 is 0 Å². The molecule has 0 radical (unpaired) electrons. The lowest BCUT2D eigenvalue weighted by Gasteiger charge is -2.29. The summed E-state index contributed by atoms with van der Waals surface area (Å²) in [6, 6.07) is 7.78. The Bertz CT molecular complexity index is 1060. The molecule has 0 spiro atoms. The SMILES string of the molecule is Cc1oc([C@](C)(Cc2c[nH]c3ccccc23)NC(=O)OC(C)(C)C)nc1C(=O)O. The lowest BCUT2D eigenvalue weighted by atomic mass is 9.92. The Kier molecular flexibility index (Phi) is 5.13. The van der Waals surface area contributed by atoms with Gasteiger partial charge >= 0.3 is 12.1 Å². The summed E-state index contributed by atoms with van der Waals surface area (Å²) < 4.78 is 11.1. The number of alkyl carbamates (subject to hydrolysis) is 1. The third-order valence-electron chi connectivity index (χ3n) is 4.47. The summed E-state index contributed by atoms with van der Waals surface area (Å²) in [5.41, 5.74) is -0.129. The first kappa shape index (κ1) is 20.4. The van der Waals surface area contributed by atoms with Crippen molar-refractivity contribution in [2.75, 3.05) is 0 Å². The van der Waals surface area contributed by atoms with Crippen molar-refractivity contribution < 1.29 is 23.8 Å². The number of H-pyrrole nitrogens is 1.